The molecule has 1 aromatic rings. The second-order valence-electron chi connectivity index (χ2n) is 8.09. The van der Waals surface area contributed by atoms with Crippen molar-refractivity contribution in [2.24, 2.45) is 4.99 Å². The summed E-state index contributed by atoms with van der Waals surface area (Å²) in [6.45, 7) is 5.38. The van der Waals surface area contributed by atoms with E-state index in [1.54, 1.807) is 7.11 Å². The predicted octanol–water partition coefficient (Wildman–Crippen LogP) is 3.91. The maximum absolute atomic E-state index is 12.2. The number of benzene rings is 1. The number of carbonyl (C=O) groups excluding carboxylic acids is 1. The highest BCUT2D eigenvalue weighted by atomic mass is 127. The van der Waals surface area contributed by atoms with E-state index in [-0.39, 0.29) is 29.9 Å². The third-order valence-corrected chi connectivity index (χ3v) is 5.98. The molecule has 0 aromatic heterocycles. The molecular formula is C23H37IN4O2. The zero-order valence-electron chi connectivity index (χ0n) is 18.4. The van der Waals surface area contributed by atoms with Crippen molar-refractivity contribution < 1.29 is 9.53 Å². The number of rotatable bonds is 7. The van der Waals surface area contributed by atoms with Gasteiger partial charge in [0.2, 0.25) is 5.91 Å². The molecule has 0 spiro atoms. The number of amides is 1. The van der Waals surface area contributed by atoms with Crippen LogP contribution in [-0.4, -0.2) is 56.1 Å². The van der Waals surface area contributed by atoms with Gasteiger partial charge in [-0.3, -0.25) is 9.79 Å². The number of nitrogens with zero attached hydrogens (tertiary/aromatic N) is 2. The Morgan fingerprint density at radius 3 is 2.57 bits per heavy atom. The van der Waals surface area contributed by atoms with Gasteiger partial charge < -0.3 is 20.3 Å². The normalized spacial score (nSPS) is 19.9. The highest BCUT2D eigenvalue weighted by Gasteiger charge is 2.26. The average molecular weight is 528 g/mol. The lowest BCUT2D eigenvalue weighted by molar-refractivity contribution is -0.121. The van der Waals surface area contributed by atoms with E-state index in [2.05, 4.69) is 34.6 Å². The first kappa shape index (κ1) is 24.8. The van der Waals surface area contributed by atoms with Crippen LogP contribution in [0.15, 0.2) is 29.3 Å². The molecule has 1 heterocycles. The highest BCUT2D eigenvalue weighted by molar-refractivity contribution is 14.0. The van der Waals surface area contributed by atoms with Crippen molar-refractivity contribution in [1.82, 2.24) is 15.5 Å². The Kier molecular flexibility index (Phi) is 10.7. The van der Waals surface area contributed by atoms with Crippen LogP contribution in [0.1, 0.15) is 63.4 Å². The maximum Gasteiger partial charge on any atom is 0.222 e. The molecule has 3 rings (SSSR count). The number of likely N-dealkylation sites (tertiary alicyclic amines) is 1. The largest absolute Gasteiger partial charge is 0.497 e. The standard InChI is InChI=1S/C23H36N4O2.HI/c1-3-24-23(25-15-13-22(28)26-20-7-5-4-6-8-20)27-16-14-19(17-27)18-9-11-21(29-2)12-10-18;/h9-12,19-20H,3-8,13-17H2,1-2H3,(H,24,25)(H,26,28);1H. The van der Waals surface area contributed by atoms with E-state index in [0.29, 0.717) is 24.9 Å². The van der Waals surface area contributed by atoms with Crippen molar-refractivity contribution in [1.29, 1.82) is 0 Å². The average Bonchev–Trinajstić information content (AvgIpc) is 3.24. The van der Waals surface area contributed by atoms with Crippen molar-refractivity contribution >= 4 is 35.8 Å². The minimum atomic E-state index is 0. The topological polar surface area (TPSA) is 66.0 Å². The first-order valence-corrected chi connectivity index (χ1v) is 11.2. The fraction of sp³-hybridized carbons (Fsp3) is 0.652. The lowest BCUT2D eigenvalue weighted by Crippen LogP contribution is -2.40. The van der Waals surface area contributed by atoms with Gasteiger partial charge in [0.15, 0.2) is 5.96 Å². The monoisotopic (exact) mass is 528 g/mol. The molecule has 1 aliphatic carbocycles. The van der Waals surface area contributed by atoms with Crippen molar-refractivity contribution in [3.8, 4) is 5.75 Å². The van der Waals surface area contributed by atoms with E-state index in [1.807, 2.05) is 12.1 Å². The van der Waals surface area contributed by atoms with Crippen molar-refractivity contribution in [2.75, 3.05) is 33.3 Å². The molecule has 7 heteroatoms. The number of hydrogen-bond donors (Lipinski definition) is 2. The molecule has 0 radical (unpaired) electrons. The van der Waals surface area contributed by atoms with Gasteiger partial charge in [0.25, 0.3) is 0 Å². The Bertz CT molecular complexity index is 674. The van der Waals surface area contributed by atoms with Gasteiger partial charge in [-0.2, -0.15) is 0 Å². The van der Waals surface area contributed by atoms with Crippen LogP contribution in [0.5, 0.6) is 5.75 Å². The minimum Gasteiger partial charge on any atom is -0.497 e. The summed E-state index contributed by atoms with van der Waals surface area (Å²) in [6.07, 6.45) is 7.59. The number of aliphatic imine (C=N–C) groups is 1. The molecule has 6 nitrogen and oxygen atoms in total. The summed E-state index contributed by atoms with van der Waals surface area (Å²) in [6, 6.07) is 8.75. The number of carbonyl (C=O) groups is 1. The van der Waals surface area contributed by atoms with Crippen LogP contribution in [0.4, 0.5) is 0 Å². The summed E-state index contributed by atoms with van der Waals surface area (Å²) < 4.78 is 5.26. The van der Waals surface area contributed by atoms with Gasteiger partial charge in [-0.05, 0) is 43.9 Å². The van der Waals surface area contributed by atoms with Crippen LogP contribution in [-0.2, 0) is 4.79 Å². The molecule has 1 unspecified atom stereocenters. The summed E-state index contributed by atoms with van der Waals surface area (Å²) in [5.41, 5.74) is 1.34. The third-order valence-electron chi connectivity index (χ3n) is 5.98. The van der Waals surface area contributed by atoms with E-state index in [1.165, 1.54) is 24.8 Å². The van der Waals surface area contributed by atoms with Crippen molar-refractivity contribution in [3.63, 3.8) is 0 Å². The zero-order chi connectivity index (χ0) is 20.5. The number of methoxy groups -OCH3 is 1. The number of ether oxygens (including phenoxy) is 1. The second-order valence-corrected chi connectivity index (χ2v) is 8.09. The summed E-state index contributed by atoms with van der Waals surface area (Å²) in [5.74, 6) is 2.45. The molecule has 1 atom stereocenters. The van der Waals surface area contributed by atoms with E-state index < -0.39 is 0 Å². The molecule has 2 fully saturated rings. The van der Waals surface area contributed by atoms with Gasteiger partial charge >= 0.3 is 0 Å². The molecule has 168 valence electrons. The summed E-state index contributed by atoms with van der Waals surface area (Å²) >= 11 is 0. The highest BCUT2D eigenvalue weighted by Crippen LogP contribution is 2.28. The molecule has 1 saturated heterocycles. The minimum absolute atomic E-state index is 0. The van der Waals surface area contributed by atoms with Gasteiger partial charge in [0.1, 0.15) is 5.75 Å². The van der Waals surface area contributed by atoms with Gasteiger partial charge in [-0.15, -0.1) is 24.0 Å². The van der Waals surface area contributed by atoms with Gasteiger partial charge in [0.05, 0.1) is 13.7 Å². The lowest BCUT2D eigenvalue weighted by Gasteiger charge is -2.23. The van der Waals surface area contributed by atoms with Crippen molar-refractivity contribution in [2.45, 2.75) is 63.8 Å². The van der Waals surface area contributed by atoms with E-state index in [9.17, 15) is 4.79 Å². The van der Waals surface area contributed by atoms with Gasteiger partial charge in [-0.25, -0.2) is 0 Å². The molecule has 2 aliphatic rings. The lowest BCUT2D eigenvalue weighted by atomic mass is 9.95. The van der Waals surface area contributed by atoms with E-state index >= 15 is 0 Å². The van der Waals surface area contributed by atoms with Crippen LogP contribution in [0.25, 0.3) is 0 Å². The SMILES string of the molecule is CCNC(=NCCC(=O)NC1CCCCC1)N1CCC(c2ccc(OC)cc2)C1.I. The maximum atomic E-state index is 12.2. The quantitative estimate of drug-likeness (QED) is 0.320. The fourth-order valence-electron chi connectivity index (χ4n) is 4.34. The Labute approximate surface area is 198 Å². The van der Waals surface area contributed by atoms with Crippen LogP contribution >= 0.6 is 24.0 Å². The Morgan fingerprint density at radius 1 is 1.17 bits per heavy atom. The van der Waals surface area contributed by atoms with Crippen LogP contribution in [0.3, 0.4) is 0 Å². The summed E-state index contributed by atoms with van der Waals surface area (Å²) in [5, 5.41) is 6.57. The molecule has 30 heavy (non-hydrogen) atoms. The molecule has 0 bridgehead atoms. The Hall–Kier alpha value is -1.51. The third kappa shape index (κ3) is 7.32. The fourth-order valence-corrected chi connectivity index (χ4v) is 4.34. The summed E-state index contributed by atoms with van der Waals surface area (Å²) in [4.78, 5) is 19.3. The van der Waals surface area contributed by atoms with Crippen molar-refractivity contribution in [3.05, 3.63) is 29.8 Å². The van der Waals surface area contributed by atoms with Gasteiger partial charge in [0, 0.05) is 38.0 Å². The molecule has 2 N–H and O–H groups in total. The number of halogens is 1. The summed E-state index contributed by atoms with van der Waals surface area (Å²) in [7, 11) is 1.70. The van der Waals surface area contributed by atoms with E-state index in [4.69, 9.17) is 9.73 Å². The second kappa shape index (κ2) is 13.0. The predicted molar refractivity (Wildman–Crippen MR) is 133 cm³/mol. The van der Waals surface area contributed by atoms with Gasteiger partial charge in [-0.1, -0.05) is 31.4 Å². The molecule has 1 saturated carbocycles. The van der Waals surface area contributed by atoms with Crippen LogP contribution < -0.4 is 15.4 Å². The van der Waals surface area contributed by atoms with Crippen LogP contribution in [0, 0.1) is 0 Å². The molecule has 1 aromatic carbocycles. The zero-order valence-corrected chi connectivity index (χ0v) is 20.7. The Balaban J connectivity index is 0.00000320. The smallest absolute Gasteiger partial charge is 0.222 e. The number of guanidine groups is 1. The van der Waals surface area contributed by atoms with Crippen LogP contribution in [0.2, 0.25) is 0 Å². The van der Waals surface area contributed by atoms with E-state index in [0.717, 1.165) is 50.6 Å². The molecule has 1 aliphatic heterocycles. The first-order chi connectivity index (χ1) is 14.2. The number of hydrogen-bond acceptors (Lipinski definition) is 3. The molecule has 1 amide bonds. The number of nitrogens with one attached hydrogen (secondary N) is 2. The Morgan fingerprint density at radius 2 is 1.90 bits per heavy atom. The first-order valence-electron chi connectivity index (χ1n) is 11.2. The molecular weight excluding hydrogens is 491 g/mol.